The van der Waals surface area contributed by atoms with Gasteiger partial charge in [-0.05, 0) is 44.9 Å². The van der Waals surface area contributed by atoms with Gasteiger partial charge in [-0.3, -0.25) is 4.79 Å². The van der Waals surface area contributed by atoms with E-state index in [4.69, 9.17) is 17.3 Å². The lowest BCUT2D eigenvalue weighted by atomic mass is 10.0. The quantitative estimate of drug-likeness (QED) is 0.843. The molecule has 1 aromatic rings. The molecule has 1 heterocycles. The number of carbonyl (C=O) groups is 1. The molecule has 2 rings (SSSR count). The predicted molar refractivity (Wildman–Crippen MR) is 83.1 cm³/mol. The first-order chi connectivity index (χ1) is 9.47. The summed E-state index contributed by atoms with van der Waals surface area (Å²) in [6.07, 6.45) is 1.99. The van der Waals surface area contributed by atoms with Crippen LogP contribution in [0.4, 0.5) is 5.69 Å². The van der Waals surface area contributed by atoms with Crippen LogP contribution in [-0.4, -0.2) is 36.0 Å². The molecule has 0 bridgehead atoms. The molecular formula is C15H22ClN3O. The Morgan fingerprint density at radius 1 is 1.40 bits per heavy atom. The van der Waals surface area contributed by atoms with Crippen molar-refractivity contribution >= 4 is 23.2 Å². The largest absolute Gasteiger partial charge is 0.398 e. The number of nitrogens with two attached hydrogens (primary N) is 1. The van der Waals surface area contributed by atoms with E-state index in [1.807, 2.05) is 0 Å². The van der Waals surface area contributed by atoms with Crippen LogP contribution < -0.4 is 11.1 Å². The number of nitrogens with one attached hydrogen (secondary N) is 1. The fraction of sp³-hybridized carbons (Fsp3) is 0.533. The van der Waals surface area contributed by atoms with Crippen molar-refractivity contribution in [3.8, 4) is 0 Å². The van der Waals surface area contributed by atoms with Crippen LogP contribution in [0.15, 0.2) is 18.2 Å². The van der Waals surface area contributed by atoms with Crippen molar-refractivity contribution in [2.75, 3.05) is 18.8 Å². The first-order valence-corrected chi connectivity index (χ1v) is 7.45. The van der Waals surface area contributed by atoms with Crippen LogP contribution in [-0.2, 0) is 0 Å². The second kappa shape index (κ2) is 6.46. The van der Waals surface area contributed by atoms with Gasteiger partial charge in [0.1, 0.15) is 0 Å². The number of rotatable bonds is 3. The van der Waals surface area contributed by atoms with Crippen LogP contribution in [0.5, 0.6) is 0 Å². The molecule has 0 atom stereocenters. The molecule has 20 heavy (non-hydrogen) atoms. The number of carbonyl (C=O) groups excluding carboxylic acids is 1. The van der Waals surface area contributed by atoms with Gasteiger partial charge in [-0.25, -0.2) is 0 Å². The molecule has 5 heteroatoms. The fourth-order valence-electron chi connectivity index (χ4n) is 2.51. The molecule has 0 radical (unpaired) electrons. The summed E-state index contributed by atoms with van der Waals surface area (Å²) in [5.41, 5.74) is 6.73. The summed E-state index contributed by atoms with van der Waals surface area (Å²) in [6, 6.07) is 5.81. The van der Waals surface area contributed by atoms with Crippen molar-refractivity contribution in [3.63, 3.8) is 0 Å². The van der Waals surface area contributed by atoms with Gasteiger partial charge in [-0.2, -0.15) is 0 Å². The van der Waals surface area contributed by atoms with Gasteiger partial charge in [0, 0.05) is 30.7 Å². The van der Waals surface area contributed by atoms with Gasteiger partial charge in [-0.15, -0.1) is 0 Å². The molecule has 0 aromatic heterocycles. The van der Waals surface area contributed by atoms with Gasteiger partial charge in [-0.1, -0.05) is 11.6 Å². The number of hydrogen-bond acceptors (Lipinski definition) is 3. The van der Waals surface area contributed by atoms with E-state index >= 15 is 0 Å². The third-order valence-corrected chi connectivity index (χ3v) is 4.20. The molecular weight excluding hydrogens is 274 g/mol. The third kappa shape index (κ3) is 3.64. The summed E-state index contributed by atoms with van der Waals surface area (Å²) in [6.45, 7) is 6.47. The number of nitrogens with zero attached hydrogens (tertiary/aromatic N) is 1. The number of benzene rings is 1. The van der Waals surface area contributed by atoms with Gasteiger partial charge in [0.25, 0.3) is 5.91 Å². The molecule has 1 aliphatic heterocycles. The van der Waals surface area contributed by atoms with Crippen molar-refractivity contribution in [3.05, 3.63) is 28.8 Å². The van der Waals surface area contributed by atoms with Crippen LogP contribution in [0.2, 0.25) is 5.02 Å². The first kappa shape index (κ1) is 15.1. The Labute approximate surface area is 125 Å². The molecule has 0 aliphatic carbocycles. The zero-order valence-corrected chi connectivity index (χ0v) is 12.8. The maximum absolute atomic E-state index is 12.2. The van der Waals surface area contributed by atoms with Crippen molar-refractivity contribution < 1.29 is 4.79 Å². The number of halogens is 1. The second-order valence-electron chi connectivity index (χ2n) is 5.61. The van der Waals surface area contributed by atoms with Crippen LogP contribution in [0.3, 0.4) is 0 Å². The standard InChI is InChI=1S/C15H22ClN3O/c1-10(2)19-7-5-12(6-8-19)18-15(20)11-3-4-13(16)14(17)9-11/h3-4,9-10,12H,5-8,17H2,1-2H3,(H,18,20). The smallest absolute Gasteiger partial charge is 0.251 e. The molecule has 1 saturated heterocycles. The highest BCUT2D eigenvalue weighted by Gasteiger charge is 2.22. The Bertz CT molecular complexity index is 482. The molecule has 1 fully saturated rings. The lowest BCUT2D eigenvalue weighted by Crippen LogP contribution is -2.46. The van der Waals surface area contributed by atoms with E-state index in [-0.39, 0.29) is 11.9 Å². The average Bonchev–Trinajstić information content (AvgIpc) is 2.42. The van der Waals surface area contributed by atoms with Gasteiger partial charge < -0.3 is 16.0 Å². The SMILES string of the molecule is CC(C)N1CCC(NC(=O)c2ccc(Cl)c(N)c2)CC1. The molecule has 4 nitrogen and oxygen atoms in total. The molecule has 0 unspecified atom stereocenters. The van der Waals surface area contributed by atoms with Crippen LogP contribution in [0.1, 0.15) is 37.0 Å². The number of hydrogen-bond donors (Lipinski definition) is 2. The van der Waals surface area contributed by atoms with Crippen molar-refractivity contribution in [1.82, 2.24) is 10.2 Å². The van der Waals surface area contributed by atoms with Crippen molar-refractivity contribution in [1.29, 1.82) is 0 Å². The Morgan fingerprint density at radius 3 is 2.60 bits per heavy atom. The third-order valence-electron chi connectivity index (χ3n) is 3.85. The minimum atomic E-state index is -0.0728. The van der Waals surface area contributed by atoms with E-state index in [0.717, 1.165) is 25.9 Å². The Hall–Kier alpha value is -1.26. The molecule has 1 aromatic carbocycles. The number of likely N-dealkylation sites (tertiary alicyclic amines) is 1. The number of anilines is 1. The van der Waals surface area contributed by atoms with Crippen molar-refractivity contribution in [2.45, 2.75) is 38.8 Å². The van der Waals surface area contributed by atoms with E-state index in [1.165, 1.54) is 0 Å². The number of nitrogen functional groups attached to an aromatic ring is 1. The zero-order chi connectivity index (χ0) is 14.7. The summed E-state index contributed by atoms with van der Waals surface area (Å²) in [7, 11) is 0. The summed E-state index contributed by atoms with van der Waals surface area (Å²) < 4.78 is 0. The minimum absolute atomic E-state index is 0.0728. The van der Waals surface area contributed by atoms with Crippen LogP contribution in [0, 0.1) is 0 Å². The van der Waals surface area contributed by atoms with E-state index < -0.39 is 0 Å². The van der Waals surface area contributed by atoms with E-state index in [9.17, 15) is 4.79 Å². The predicted octanol–water partition coefficient (Wildman–Crippen LogP) is 2.52. The molecule has 110 valence electrons. The monoisotopic (exact) mass is 295 g/mol. The van der Waals surface area contributed by atoms with E-state index in [0.29, 0.717) is 22.3 Å². The molecule has 3 N–H and O–H groups in total. The second-order valence-corrected chi connectivity index (χ2v) is 6.02. The lowest BCUT2D eigenvalue weighted by Gasteiger charge is -2.34. The van der Waals surface area contributed by atoms with E-state index in [1.54, 1.807) is 18.2 Å². The maximum atomic E-state index is 12.2. The van der Waals surface area contributed by atoms with Gasteiger partial charge >= 0.3 is 0 Å². The van der Waals surface area contributed by atoms with Crippen LogP contribution >= 0.6 is 11.6 Å². The summed E-state index contributed by atoms with van der Waals surface area (Å²) in [5.74, 6) is -0.0728. The fourth-order valence-corrected chi connectivity index (χ4v) is 2.63. The summed E-state index contributed by atoms with van der Waals surface area (Å²) >= 11 is 5.86. The average molecular weight is 296 g/mol. The highest BCUT2D eigenvalue weighted by Crippen LogP contribution is 2.20. The molecule has 1 amide bonds. The topological polar surface area (TPSA) is 58.4 Å². The molecule has 0 saturated carbocycles. The van der Waals surface area contributed by atoms with Crippen molar-refractivity contribution in [2.24, 2.45) is 0 Å². The number of piperidine rings is 1. The highest BCUT2D eigenvalue weighted by atomic mass is 35.5. The first-order valence-electron chi connectivity index (χ1n) is 7.07. The minimum Gasteiger partial charge on any atom is -0.398 e. The molecule has 1 aliphatic rings. The Balaban J connectivity index is 1.91. The normalized spacial score (nSPS) is 17.4. The summed E-state index contributed by atoms with van der Waals surface area (Å²) in [4.78, 5) is 14.6. The summed E-state index contributed by atoms with van der Waals surface area (Å²) in [5, 5.41) is 3.56. The van der Waals surface area contributed by atoms with Gasteiger partial charge in [0.15, 0.2) is 0 Å². The van der Waals surface area contributed by atoms with Gasteiger partial charge in [0.2, 0.25) is 0 Å². The lowest BCUT2D eigenvalue weighted by molar-refractivity contribution is 0.0900. The molecule has 0 spiro atoms. The van der Waals surface area contributed by atoms with Crippen LogP contribution in [0.25, 0.3) is 0 Å². The highest BCUT2D eigenvalue weighted by molar-refractivity contribution is 6.33. The van der Waals surface area contributed by atoms with Gasteiger partial charge in [0.05, 0.1) is 10.7 Å². The zero-order valence-electron chi connectivity index (χ0n) is 12.0. The Kier molecular flexibility index (Phi) is 4.89. The number of amides is 1. The van der Waals surface area contributed by atoms with E-state index in [2.05, 4.69) is 24.1 Å². The Morgan fingerprint density at radius 2 is 2.05 bits per heavy atom. The maximum Gasteiger partial charge on any atom is 0.251 e.